The van der Waals surface area contributed by atoms with Gasteiger partial charge in [-0.3, -0.25) is 4.79 Å². The minimum Gasteiger partial charge on any atom is -0.507 e. The summed E-state index contributed by atoms with van der Waals surface area (Å²) in [4.78, 5) is 12.4. The van der Waals surface area contributed by atoms with Crippen molar-refractivity contribution in [2.45, 2.75) is 19.8 Å². The first-order valence-electron chi connectivity index (χ1n) is 6.89. The molecule has 1 amide bonds. The fraction of sp³-hybridized carbons (Fsp3) is 0.235. The molecule has 110 valence electrons. The molecule has 0 aliphatic carbocycles. The van der Waals surface area contributed by atoms with E-state index in [-0.39, 0.29) is 18.2 Å². The highest BCUT2D eigenvalue weighted by Gasteiger charge is 2.20. The quantitative estimate of drug-likeness (QED) is 0.808. The van der Waals surface area contributed by atoms with Crippen molar-refractivity contribution in [3.63, 3.8) is 0 Å². The minimum atomic E-state index is -0.408. The Kier molecular flexibility index (Phi) is 4.60. The highest BCUT2D eigenvalue weighted by Crippen LogP contribution is 2.29. The van der Waals surface area contributed by atoms with Gasteiger partial charge in [-0.25, -0.2) is 0 Å². The van der Waals surface area contributed by atoms with Gasteiger partial charge in [0.15, 0.2) is 0 Å². The molecular weight excluding hydrogens is 264 g/mol. The zero-order valence-corrected chi connectivity index (χ0v) is 12.3. The number of benzene rings is 2. The molecule has 0 bridgehead atoms. The van der Waals surface area contributed by atoms with E-state index in [1.165, 1.54) is 0 Å². The molecule has 4 nitrogen and oxygen atoms in total. The molecule has 1 atom stereocenters. The van der Waals surface area contributed by atoms with Crippen molar-refractivity contribution in [3.05, 3.63) is 59.2 Å². The fourth-order valence-corrected chi connectivity index (χ4v) is 2.27. The number of phenolic OH excluding ortho intramolecular Hbond substituents is 1. The predicted octanol–water partition coefficient (Wildman–Crippen LogP) is 2.69. The largest absolute Gasteiger partial charge is 0.507 e. The summed E-state index contributed by atoms with van der Waals surface area (Å²) >= 11 is 0. The Bertz CT molecular complexity index is 639. The molecule has 0 radical (unpaired) electrons. The maximum absolute atomic E-state index is 12.4. The Labute approximate surface area is 124 Å². The van der Waals surface area contributed by atoms with Gasteiger partial charge in [0.1, 0.15) is 5.75 Å². The number of aromatic hydroxyl groups is 1. The molecule has 0 aliphatic heterocycles. The number of anilines is 1. The number of carbonyl (C=O) groups is 1. The number of nitrogens with two attached hydrogens (primary N) is 1. The summed E-state index contributed by atoms with van der Waals surface area (Å²) in [7, 11) is 0. The van der Waals surface area contributed by atoms with E-state index in [9.17, 15) is 9.90 Å². The molecule has 2 rings (SSSR count). The maximum atomic E-state index is 12.4. The molecule has 4 N–H and O–H groups in total. The van der Waals surface area contributed by atoms with Crippen LogP contribution in [0, 0.1) is 13.8 Å². The van der Waals surface area contributed by atoms with Crippen LogP contribution >= 0.6 is 0 Å². The Balaban J connectivity index is 2.23. The van der Waals surface area contributed by atoms with Crippen LogP contribution in [0.15, 0.2) is 42.5 Å². The Hall–Kier alpha value is -2.33. The van der Waals surface area contributed by atoms with E-state index in [0.717, 1.165) is 11.1 Å². The lowest BCUT2D eigenvalue weighted by atomic mass is 9.98. The van der Waals surface area contributed by atoms with Crippen molar-refractivity contribution in [1.82, 2.24) is 0 Å². The highest BCUT2D eigenvalue weighted by molar-refractivity contribution is 5.97. The normalized spacial score (nSPS) is 12.0. The summed E-state index contributed by atoms with van der Waals surface area (Å²) in [6.45, 7) is 3.82. The molecule has 0 aromatic heterocycles. The molecule has 0 saturated carbocycles. The van der Waals surface area contributed by atoms with Crippen LogP contribution < -0.4 is 11.1 Å². The summed E-state index contributed by atoms with van der Waals surface area (Å²) < 4.78 is 0. The van der Waals surface area contributed by atoms with Crippen molar-refractivity contribution in [3.8, 4) is 5.75 Å². The summed E-state index contributed by atoms with van der Waals surface area (Å²) in [5, 5.41) is 12.8. The smallest absolute Gasteiger partial charge is 0.233 e. The third-order valence-corrected chi connectivity index (χ3v) is 3.64. The molecule has 0 fully saturated rings. The second-order valence-corrected chi connectivity index (χ2v) is 5.09. The van der Waals surface area contributed by atoms with Crippen molar-refractivity contribution in [1.29, 1.82) is 0 Å². The van der Waals surface area contributed by atoms with E-state index in [0.29, 0.717) is 11.3 Å². The van der Waals surface area contributed by atoms with Crippen molar-refractivity contribution >= 4 is 11.6 Å². The van der Waals surface area contributed by atoms with Gasteiger partial charge in [-0.2, -0.15) is 0 Å². The zero-order chi connectivity index (χ0) is 15.4. The predicted molar refractivity (Wildman–Crippen MR) is 84.4 cm³/mol. The maximum Gasteiger partial charge on any atom is 0.233 e. The second kappa shape index (κ2) is 6.41. The lowest BCUT2D eigenvalue weighted by Crippen LogP contribution is -2.27. The molecular formula is C17H20N2O2. The van der Waals surface area contributed by atoms with Gasteiger partial charge in [-0.05, 0) is 31.0 Å². The van der Waals surface area contributed by atoms with Gasteiger partial charge in [0.05, 0.1) is 5.92 Å². The van der Waals surface area contributed by atoms with Gasteiger partial charge >= 0.3 is 0 Å². The molecule has 21 heavy (non-hydrogen) atoms. The minimum absolute atomic E-state index is 0.171. The van der Waals surface area contributed by atoms with Gasteiger partial charge in [-0.1, -0.05) is 36.4 Å². The number of nitrogens with one attached hydrogen (secondary N) is 1. The Morgan fingerprint density at radius 3 is 2.48 bits per heavy atom. The summed E-state index contributed by atoms with van der Waals surface area (Å²) in [5.41, 5.74) is 8.67. The first-order chi connectivity index (χ1) is 10.0. The van der Waals surface area contributed by atoms with Crippen LogP contribution in [0.5, 0.6) is 5.75 Å². The van der Waals surface area contributed by atoms with E-state index >= 15 is 0 Å². The summed E-state index contributed by atoms with van der Waals surface area (Å²) in [6.07, 6.45) is 0. The van der Waals surface area contributed by atoms with Crippen LogP contribution in [0.1, 0.15) is 22.6 Å². The van der Waals surface area contributed by atoms with Gasteiger partial charge in [0.2, 0.25) is 5.91 Å². The van der Waals surface area contributed by atoms with Crippen LogP contribution in [-0.2, 0) is 4.79 Å². The number of hydrogen-bond donors (Lipinski definition) is 3. The average molecular weight is 284 g/mol. The lowest BCUT2D eigenvalue weighted by Gasteiger charge is -2.17. The van der Waals surface area contributed by atoms with Crippen molar-refractivity contribution < 1.29 is 9.90 Å². The fourth-order valence-electron chi connectivity index (χ4n) is 2.27. The van der Waals surface area contributed by atoms with E-state index in [4.69, 9.17) is 5.73 Å². The molecule has 0 saturated heterocycles. The number of aryl methyl sites for hydroxylation is 1. The monoisotopic (exact) mass is 284 g/mol. The average Bonchev–Trinajstić information content (AvgIpc) is 2.50. The van der Waals surface area contributed by atoms with E-state index < -0.39 is 5.92 Å². The van der Waals surface area contributed by atoms with Crippen LogP contribution in [0.25, 0.3) is 0 Å². The molecule has 1 unspecified atom stereocenters. The summed E-state index contributed by atoms with van der Waals surface area (Å²) in [6, 6.07) is 13.0. The first-order valence-corrected chi connectivity index (χ1v) is 6.89. The molecule has 0 heterocycles. The molecule has 0 aliphatic rings. The van der Waals surface area contributed by atoms with Gasteiger partial charge in [-0.15, -0.1) is 0 Å². The Morgan fingerprint density at radius 1 is 1.19 bits per heavy atom. The van der Waals surface area contributed by atoms with E-state index in [1.807, 2.05) is 37.3 Å². The lowest BCUT2D eigenvalue weighted by molar-refractivity contribution is -0.117. The molecule has 4 heteroatoms. The third kappa shape index (κ3) is 3.23. The highest BCUT2D eigenvalue weighted by atomic mass is 16.3. The van der Waals surface area contributed by atoms with Crippen molar-refractivity contribution in [2.24, 2.45) is 5.73 Å². The second-order valence-electron chi connectivity index (χ2n) is 5.09. The molecule has 0 spiro atoms. The van der Waals surface area contributed by atoms with E-state index in [1.54, 1.807) is 19.1 Å². The summed E-state index contributed by atoms with van der Waals surface area (Å²) in [5.74, 6) is -0.374. The van der Waals surface area contributed by atoms with Gasteiger partial charge < -0.3 is 16.2 Å². The molecule has 2 aromatic rings. The van der Waals surface area contributed by atoms with Crippen LogP contribution in [0.3, 0.4) is 0 Å². The number of phenols is 1. The van der Waals surface area contributed by atoms with Gasteiger partial charge in [0, 0.05) is 17.8 Å². The first kappa shape index (κ1) is 15.1. The SMILES string of the molecule is Cc1ccc(NC(=O)C(CN)c2ccccc2)c(C)c1O. The number of amides is 1. The van der Waals surface area contributed by atoms with Crippen molar-refractivity contribution in [2.75, 3.05) is 11.9 Å². The van der Waals surface area contributed by atoms with E-state index in [2.05, 4.69) is 5.32 Å². The number of rotatable bonds is 4. The van der Waals surface area contributed by atoms with Crippen LogP contribution in [0.4, 0.5) is 5.69 Å². The zero-order valence-electron chi connectivity index (χ0n) is 12.3. The van der Waals surface area contributed by atoms with Crippen LogP contribution in [-0.4, -0.2) is 17.6 Å². The van der Waals surface area contributed by atoms with Gasteiger partial charge in [0.25, 0.3) is 0 Å². The van der Waals surface area contributed by atoms with Crippen LogP contribution in [0.2, 0.25) is 0 Å². The standard InChI is InChI=1S/C17H20N2O2/c1-11-8-9-15(12(2)16(11)20)19-17(21)14(10-18)13-6-4-3-5-7-13/h3-9,14,20H,10,18H2,1-2H3,(H,19,21). The topological polar surface area (TPSA) is 75.4 Å². The molecule has 2 aromatic carbocycles. The number of carbonyl (C=O) groups excluding carboxylic acids is 1. The Morgan fingerprint density at radius 2 is 1.86 bits per heavy atom. The third-order valence-electron chi connectivity index (χ3n) is 3.64. The number of hydrogen-bond acceptors (Lipinski definition) is 3.